The van der Waals surface area contributed by atoms with Crippen molar-refractivity contribution in [2.24, 2.45) is 0 Å². The van der Waals surface area contributed by atoms with Crippen molar-refractivity contribution in [3.8, 4) is 17.2 Å². The number of anilines is 1. The zero-order valence-corrected chi connectivity index (χ0v) is 14.8. The van der Waals surface area contributed by atoms with Crippen molar-refractivity contribution in [3.63, 3.8) is 0 Å². The van der Waals surface area contributed by atoms with Gasteiger partial charge in [0.2, 0.25) is 6.79 Å². The molecule has 1 saturated heterocycles. The number of benzene rings is 1. The van der Waals surface area contributed by atoms with Crippen molar-refractivity contribution >= 4 is 29.6 Å². The molecule has 2 aromatic rings. The fraction of sp³-hybridized carbons (Fsp3) is 0.158. The van der Waals surface area contributed by atoms with Gasteiger partial charge in [-0.1, -0.05) is 0 Å². The van der Waals surface area contributed by atoms with Crippen LogP contribution in [0.15, 0.2) is 42.2 Å². The van der Waals surface area contributed by atoms with E-state index in [1.54, 1.807) is 12.1 Å². The summed E-state index contributed by atoms with van der Waals surface area (Å²) in [6.45, 7) is 2.26. The molecule has 3 heterocycles. The largest absolute Gasteiger partial charge is 0.493 e. The summed E-state index contributed by atoms with van der Waals surface area (Å²) in [6.07, 6.45) is 4.26. The standard InChI is InChI=1S/C19H15N3O6/c1-2-26-14-9-16-15(27-10-28-16)8-11(14)7-13-17(23)21-19(25)22(18(13)24)12-3-5-20-6-4-12/h3-9H,2,10H2,1H3,(H,21,23,25)/b13-7+. The second-order valence-corrected chi connectivity index (χ2v) is 5.84. The van der Waals surface area contributed by atoms with Crippen molar-refractivity contribution < 1.29 is 28.6 Å². The van der Waals surface area contributed by atoms with Crippen LogP contribution in [0.5, 0.6) is 17.2 Å². The van der Waals surface area contributed by atoms with Gasteiger partial charge >= 0.3 is 6.03 Å². The third-order valence-electron chi connectivity index (χ3n) is 4.13. The monoisotopic (exact) mass is 381 g/mol. The van der Waals surface area contributed by atoms with Gasteiger partial charge < -0.3 is 14.2 Å². The lowest BCUT2D eigenvalue weighted by Gasteiger charge is -2.26. The van der Waals surface area contributed by atoms with Crippen LogP contribution < -0.4 is 24.4 Å². The lowest BCUT2D eigenvalue weighted by atomic mass is 10.1. The van der Waals surface area contributed by atoms with Gasteiger partial charge in [-0.2, -0.15) is 0 Å². The summed E-state index contributed by atoms with van der Waals surface area (Å²) in [4.78, 5) is 42.2. The molecular weight excluding hydrogens is 366 g/mol. The van der Waals surface area contributed by atoms with Gasteiger partial charge in [-0.05, 0) is 31.2 Å². The first-order valence-electron chi connectivity index (χ1n) is 8.46. The topological polar surface area (TPSA) is 107 Å². The number of carbonyl (C=O) groups excluding carboxylic acids is 3. The number of pyridine rings is 1. The minimum absolute atomic E-state index is 0.0741. The van der Waals surface area contributed by atoms with Crippen LogP contribution >= 0.6 is 0 Å². The summed E-state index contributed by atoms with van der Waals surface area (Å²) in [5, 5.41) is 2.17. The number of amides is 4. The first-order valence-corrected chi connectivity index (χ1v) is 8.46. The summed E-state index contributed by atoms with van der Waals surface area (Å²) in [6, 6.07) is 5.42. The molecule has 4 amide bonds. The molecule has 1 fully saturated rings. The molecule has 0 saturated carbocycles. The van der Waals surface area contributed by atoms with Crippen LogP contribution in [-0.2, 0) is 9.59 Å². The van der Waals surface area contributed by atoms with E-state index < -0.39 is 17.8 Å². The Balaban J connectivity index is 1.77. The highest BCUT2D eigenvalue weighted by Gasteiger charge is 2.37. The molecule has 1 aromatic heterocycles. The van der Waals surface area contributed by atoms with Crippen molar-refractivity contribution in [1.29, 1.82) is 0 Å². The molecule has 2 aliphatic rings. The summed E-state index contributed by atoms with van der Waals surface area (Å²) in [5.74, 6) is -0.132. The first-order chi connectivity index (χ1) is 13.6. The van der Waals surface area contributed by atoms with Crippen molar-refractivity contribution in [2.75, 3.05) is 18.3 Å². The predicted octanol–water partition coefficient (Wildman–Crippen LogP) is 1.88. The number of nitrogens with one attached hydrogen (secondary N) is 1. The number of hydrogen-bond acceptors (Lipinski definition) is 7. The van der Waals surface area contributed by atoms with E-state index >= 15 is 0 Å². The van der Waals surface area contributed by atoms with Crippen LogP contribution in [0, 0.1) is 0 Å². The molecule has 0 atom stereocenters. The van der Waals surface area contributed by atoms with E-state index in [0.717, 1.165) is 4.90 Å². The number of fused-ring (bicyclic) bond motifs is 1. The fourth-order valence-corrected chi connectivity index (χ4v) is 2.87. The number of aromatic nitrogens is 1. The van der Waals surface area contributed by atoms with Gasteiger partial charge in [0.15, 0.2) is 11.5 Å². The van der Waals surface area contributed by atoms with Crippen molar-refractivity contribution in [3.05, 3.63) is 47.8 Å². The van der Waals surface area contributed by atoms with Crippen LogP contribution in [0.25, 0.3) is 6.08 Å². The number of nitrogens with zero attached hydrogens (tertiary/aromatic N) is 2. The molecule has 9 nitrogen and oxygen atoms in total. The molecule has 0 aliphatic carbocycles. The van der Waals surface area contributed by atoms with Crippen LogP contribution in [0.3, 0.4) is 0 Å². The zero-order chi connectivity index (χ0) is 19.7. The maximum absolute atomic E-state index is 12.9. The molecule has 4 rings (SSSR count). The van der Waals surface area contributed by atoms with Crippen molar-refractivity contribution in [2.45, 2.75) is 6.92 Å². The van der Waals surface area contributed by atoms with E-state index in [1.807, 2.05) is 6.92 Å². The molecule has 1 N–H and O–H groups in total. The van der Waals surface area contributed by atoms with Crippen molar-refractivity contribution in [1.82, 2.24) is 10.3 Å². The molecule has 0 spiro atoms. The Kier molecular flexibility index (Phi) is 4.40. The summed E-state index contributed by atoms with van der Waals surface area (Å²) in [7, 11) is 0. The molecule has 9 heteroatoms. The van der Waals surface area contributed by atoms with E-state index in [9.17, 15) is 14.4 Å². The maximum Gasteiger partial charge on any atom is 0.335 e. The number of carbonyl (C=O) groups is 3. The number of urea groups is 1. The fourth-order valence-electron chi connectivity index (χ4n) is 2.87. The molecule has 28 heavy (non-hydrogen) atoms. The summed E-state index contributed by atoms with van der Waals surface area (Å²) >= 11 is 0. The Morgan fingerprint density at radius 1 is 1.18 bits per heavy atom. The number of ether oxygens (including phenoxy) is 3. The lowest BCUT2D eigenvalue weighted by Crippen LogP contribution is -2.54. The van der Waals surface area contributed by atoms with Crippen LogP contribution in [-0.4, -0.2) is 36.2 Å². The lowest BCUT2D eigenvalue weighted by molar-refractivity contribution is -0.122. The minimum Gasteiger partial charge on any atom is -0.493 e. The third-order valence-corrected chi connectivity index (χ3v) is 4.13. The normalized spacial score (nSPS) is 17.1. The van der Waals surface area contributed by atoms with Gasteiger partial charge in [-0.25, -0.2) is 9.69 Å². The highest BCUT2D eigenvalue weighted by molar-refractivity contribution is 6.39. The van der Waals surface area contributed by atoms with Crippen LogP contribution in [0.1, 0.15) is 12.5 Å². The first kappa shape index (κ1) is 17.5. The number of rotatable bonds is 4. The average molecular weight is 381 g/mol. The summed E-state index contributed by atoms with van der Waals surface area (Å²) in [5.41, 5.74) is 0.538. The van der Waals surface area contributed by atoms with Crippen LogP contribution in [0.4, 0.5) is 10.5 Å². The highest BCUT2D eigenvalue weighted by Crippen LogP contribution is 2.39. The number of hydrogen-bond donors (Lipinski definition) is 1. The van der Waals surface area contributed by atoms with Gasteiger partial charge in [-0.3, -0.25) is 19.9 Å². The maximum atomic E-state index is 12.9. The van der Waals surface area contributed by atoms with E-state index in [-0.39, 0.29) is 12.4 Å². The second kappa shape index (κ2) is 7.03. The minimum atomic E-state index is -0.825. The Bertz CT molecular complexity index is 1000. The third kappa shape index (κ3) is 3.02. The van der Waals surface area contributed by atoms with E-state index in [4.69, 9.17) is 14.2 Å². The molecule has 0 bridgehead atoms. The predicted molar refractivity (Wildman–Crippen MR) is 97.0 cm³/mol. The molecule has 0 radical (unpaired) electrons. The Labute approximate surface area is 159 Å². The molecule has 1 aromatic carbocycles. The van der Waals surface area contributed by atoms with Gasteiger partial charge in [0.25, 0.3) is 11.8 Å². The average Bonchev–Trinajstić information content (AvgIpc) is 3.13. The SMILES string of the molecule is CCOc1cc2c(cc1/C=C1\C(=O)NC(=O)N(c3ccncc3)C1=O)OCO2. The Morgan fingerprint density at radius 3 is 2.61 bits per heavy atom. The van der Waals surface area contributed by atoms with Crippen LogP contribution in [0.2, 0.25) is 0 Å². The number of imide groups is 2. The Hall–Kier alpha value is -3.88. The molecule has 2 aliphatic heterocycles. The zero-order valence-electron chi connectivity index (χ0n) is 14.8. The van der Waals surface area contributed by atoms with E-state index in [0.29, 0.717) is 35.1 Å². The quantitative estimate of drug-likeness (QED) is 0.636. The van der Waals surface area contributed by atoms with Gasteiger partial charge in [-0.15, -0.1) is 0 Å². The van der Waals surface area contributed by atoms with Gasteiger partial charge in [0.1, 0.15) is 11.3 Å². The molecule has 142 valence electrons. The van der Waals surface area contributed by atoms with Gasteiger partial charge in [0, 0.05) is 24.0 Å². The number of barbiturate groups is 1. The molecule has 0 unspecified atom stereocenters. The van der Waals surface area contributed by atoms with Gasteiger partial charge in [0.05, 0.1) is 12.3 Å². The smallest absolute Gasteiger partial charge is 0.335 e. The molecular formula is C19H15N3O6. The second-order valence-electron chi connectivity index (χ2n) is 5.84. The highest BCUT2D eigenvalue weighted by atomic mass is 16.7. The van der Waals surface area contributed by atoms with E-state index in [1.165, 1.54) is 30.6 Å². The van der Waals surface area contributed by atoms with E-state index in [2.05, 4.69) is 10.3 Å². The summed E-state index contributed by atoms with van der Waals surface area (Å²) < 4.78 is 16.3. The Morgan fingerprint density at radius 2 is 1.89 bits per heavy atom.